The van der Waals surface area contributed by atoms with Crippen molar-refractivity contribution in [1.82, 2.24) is 10.2 Å². The number of hydrogen-bond donors (Lipinski definition) is 2. The predicted molar refractivity (Wildman–Crippen MR) is 109 cm³/mol. The van der Waals surface area contributed by atoms with Crippen LogP contribution < -0.4 is 11.1 Å². The fraction of sp³-hybridized carbons (Fsp3) is 0.696. The molecule has 2 aliphatic carbocycles. The SMILES string of the molecule is NC1C2CCCC1CC(C(=O)NCc1ccc(CN3CCCCC3)cc1)C2. The average Bonchev–Trinajstić information content (AvgIpc) is 2.68. The third-order valence-electron chi connectivity index (χ3n) is 7.13. The Morgan fingerprint density at radius 1 is 0.963 bits per heavy atom. The molecule has 3 N–H and O–H groups in total. The van der Waals surface area contributed by atoms with E-state index in [9.17, 15) is 4.79 Å². The van der Waals surface area contributed by atoms with E-state index in [1.807, 2.05) is 0 Å². The Morgan fingerprint density at radius 3 is 2.26 bits per heavy atom. The van der Waals surface area contributed by atoms with E-state index in [1.165, 1.54) is 62.7 Å². The summed E-state index contributed by atoms with van der Waals surface area (Å²) in [5, 5.41) is 3.18. The average molecular weight is 370 g/mol. The summed E-state index contributed by atoms with van der Waals surface area (Å²) in [5.41, 5.74) is 8.93. The van der Waals surface area contributed by atoms with Crippen LogP contribution in [0.4, 0.5) is 0 Å². The number of carbonyl (C=O) groups is 1. The van der Waals surface area contributed by atoms with Gasteiger partial charge in [-0.05, 0) is 74.6 Å². The van der Waals surface area contributed by atoms with Crippen LogP contribution in [-0.2, 0) is 17.9 Å². The normalized spacial score (nSPS) is 31.4. The second-order valence-electron chi connectivity index (χ2n) is 9.07. The molecule has 2 bridgehead atoms. The Morgan fingerprint density at radius 2 is 1.59 bits per heavy atom. The highest BCUT2D eigenvalue weighted by atomic mass is 16.1. The van der Waals surface area contributed by atoms with Gasteiger partial charge < -0.3 is 11.1 Å². The lowest BCUT2D eigenvalue weighted by Crippen LogP contribution is -2.49. The maximum atomic E-state index is 12.7. The Hall–Kier alpha value is -1.39. The molecule has 4 heteroatoms. The molecule has 148 valence electrons. The van der Waals surface area contributed by atoms with Gasteiger partial charge in [-0.1, -0.05) is 37.1 Å². The fourth-order valence-electron chi connectivity index (χ4n) is 5.47. The van der Waals surface area contributed by atoms with E-state index in [0.29, 0.717) is 24.4 Å². The van der Waals surface area contributed by atoms with Gasteiger partial charge >= 0.3 is 0 Å². The smallest absolute Gasteiger partial charge is 0.223 e. The van der Waals surface area contributed by atoms with Gasteiger partial charge in [0.2, 0.25) is 5.91 Å². The molecule has 3 fully saturated rings. The quantitative estimate of drug-likeness (QED) is 0.836. The second-order valence-corrected chi connectivity index (χ2v) is 9.07. The molecule has 2 atom stereocenters. The van der Waals surface area contributed by atoms with Gasteiger partial charge in [0.05, 0.1) is 0 Å². The van der Waals surface area contributed by atoms with Crippen LogP contribution in [0.15, 0.2) is 24.3 Å². The molecule has 2 unspecified atom stereocenters. The molecular formula is C23H35N3O. The number of amides is 1. The monoisotopic (exact) mass is 369 g/mol. The first kappa shape index (κ1) is 18.9. The largest absolute Gasteiger partial charge is 0.352 e. The van der Waals surface area contributed by atoms with E-state index in [1.54, 1.807) is 0 Å². The Bertz CT molecular complexity index is 609. The van der Waals surface area contributed by atoms with Crippen molar-refractivity contribution in [2.75, 3.05) is 13.1 Å². The molecule has 0 spiro atoms. The fourth-order valence-corrected chi connectivity index (χ4v) is 5.47. The lowest BCUT2D eigenvalue weighted by atomic mass is 9.65. The number of nitrogens with zero attached hydrogens (tertiary/aromatic N) is 1. The third-order valence-corrected chi connectivity index (χ3v) is 7.13. The van der Waals surface area contributed by atoms with Crippen molar-refractivity contribution in [3.63, 3.8) is 0 Å². The highest BCUT2D eigenvalue weighted by Gasteiger charge is 2.40. The van der Waals surface area contributed by atoms with Gasteiger partial charge in [0.15, 0.2) is 0 Å². The predicted octanol–water partition coefficient (Wildman–Crippen LogP) is 3.44. The zero-order valence-corrected chi connectivity index (χ0v) is 16.5. The molecule has 1 aliphatic heterocycles. The lowest BCUT2D eigenvalue weighted by Gasteiger charge is -2.43. The van der Waals surface area contributed by atoms with E-state index < -0.39 is 0 Å². The summed E-state index contributed by atoms with van der Waals surface area (Å²) in [7, 11) is 0. The third kappa shape index (κ3) is 4.72. The summed E-state index contributed by atoms with van der Waals surface area (Å²) in [5.74, 6) is 1.51. The number of likely N-dealkylation sites (tertiary alicyclic amines) is 1. The van der Waals surface area contributed by atoms with Crippen molar-refractivity contribution in [2.45, 2.75) is 70.5 Å². The topological polar surface area (TPSA) is 58.4 Å². The zero-order chi connectivity index (χ0) is 18.6. The minimum absolute atomic E-state index is 0.165. The molecule has 1 amide bonds. The Balaban J connectivity index is 1.25. The Labute approximate surface area is 163 Å². The number of carbonyl (C=O) groups excluding carboxylic acids is 1. The number of nitrogens with one attached hydrogen (secondary N) is 1. The summed E-state index contributed by atoms with van der Waals surface area (Å²) in [6, 6.07) is 9.12. The molecular weight excluding hydrogens is 334 g/mol. The van der Waals surface area contributed by atoms with Crippen molar-refractivity contribution in [3.8, 4) is 0 Å². The van der Waals surface area contributed by atoms with E-state index in [4.69, 9.17) is 5.73 Å². The van der Waals surface area contributed by atoms with E-state index >= 15 is 0 Å². The minimum atomic E-state index is 0.165. The summed E-state index contributed by atoms with van der Waals surface area (Å²) in [6.07, 6.45) is 9.72. The van der Waals surface area contributed by atoms with E-state index in [-0.39, 0.29) is 11.8 Å². The maximum absolute atomic E-state index is 12.7. The van der Waals surface area contributed by atoms with Crippen molar-refractivity contribution >= 4 is 5.91 Å². The molecule has 27 heavy (non-hydrogen) atoms. The number of nitrogens with two attached hydrogens (primary N) is 1. The molecule has 4 nitrogen and oxygen atoms in total. The van der Waals surface area contributed by atoms with E-state index in [2.05, 4.69) is 34.5 Å². The number of rotatable bonds is 5. The molecule has 1 saturated heterocycles. The van der Waals surface area contributed by atoms with Crippen molar-refractivity contribution < 1.29 is 4.79 Å². The van der Waals surface area contributed by atoms with Gasteiger partial charge in [-0.3, -0.25) is 9.69 Å². The number of fused-ring (bicyclic) bond motifs is 2. The van der Waals surface area contributed by atoms with Crippen LogP contribution in [0.25, 0.3) is 0 Å². The zero-order valence-electron chi connectivity index (χ0n) is 16.5. The van der Waals surface area contributed by atoms with E-state index in [0.717, 1.165) is 19.4 Å². The number of hydrogen-bond acceptors (Lipinski definition) is 3. The second kappa shape index (κ2) is 8.74. The van der Waals surface area contributed by atoms with Gasteiger partial charge in [0, 0.05) is 25.0 Å². The molecule has 2 saturated carbocycles. The van der Waals surface area contributed by atoms with Crippen LogP contribution >= 0.6 is 0 Å². The standard InChI is InChI=1S/C23H35N3O/c24-22-19-5-4-6-20(22)14-21(13-19)23(27)25-15-17-7-9-18(10-8-17)16-26-11-2-1-3-12-26/h7-10,19-22H,1-6,11-16,24H2,(H,25,27). The van der Waals surface area contributed by atoms with Gasteiger partial charge in [0.1, 0.15) is 0 Å². The number of benzene rings is 1. The van der Waals surface area contributed by atoms with Gasteiger partial charge in [-0.25, -0.2) is 0 Å². The molecule has 1 aromatic carbocycles. The summed E-state index contributed by atoms with van der Waals surface area (Å²) in [4.78, 5) is 15.2. The van der Waals surface area contributed by atoms with Crippen LogP contribution in [0.2, 0.25) is 0 Å². The van der Waals surface area contributed by atoms with Crippen molar-refractivity contribution in [1.29, 1.82) is 0 Å². The summed E-state index contributed by atoms with van der Waals surface area (Å²) >= 11 is 0. The van der Waals surface area contributed by atoms with Gasteiger partial charge in [-0.2, -0.15) is 0 Å². The van der Waals surface area contributed by atoms with Crippen molar-refractivity contribution in [3.05, 3.63) is 35.4 Å². The highest BCUT2D eigenvalue weighted by molar-refractivity contribution is 5.78. The van der Waals surface area contributed by atoms with Crippen LogP contribution in [0, 0.1) is 17.8 Å². The molecule has 1 heterocycles. The molecule has 3 aliphatic rings. The maximum Gasteiger partial charge on any atom is 0.223 e. The van der Waals surface area contributed by atoms with Crippen LogP contribution in [0.1, 0.15) is 62.5 Å². The summed E-state index contributed by atoms with van der Waals surface area (Å²) in [6.45, 7) is 4.15. The first-order chi connectivity index (χ1) is 13.2. The minimum Gasteiger partial charge on any atom is -0.352 e. The van der Waals surface area contributed by atoms with Crippen LogP contribution in [-0.4, -0.2) is 29.9 Å². The first-order valence-corrected chi connectivity index (χ1v) is 11.0. The molecule has 0 radical (unpaired) electrons. The number of piperidine rings is 1. The molecule has 1 aromatic rings. The Kier molecular flexibility index (Phi) is 6.14. The first-order valence-electron chi connectivity index (χ1n) is 11.0. The van der Waals surface area contributed by atoms with Crippen LogP contribution in [0.3, 0.4) is 0 Å². The lowest BCUT2D eigenvalue weighted by molar-refractivity contribution is -0.128. The van der Waals surface area contributed by atoms with Gasteiger partial charge in [-0.15, -0.1) is 0 Å². The molecule has 0 aromatic heterocycles. The highest BCUT2D eigenvalue weighted by Crippen LogP contribution is 2.41. The van der Waals surface area contributed by atoms with Gasteiger partial charge in [0.25, 0.3) is 0 Å². The van der Waals surface area contributed by atoms with Crippen molar-refractivity contribution in [2.24, 2.45) is 23.5 Å². The molecule has 4 rings (SSSR count). The van der Waals surface area contributed by atoms with Crippen LogP contribution in [0.5, 0.6) is 0 Å². The summed E-state index contributed by atoms with van der Waals surface area (Å²) < 4.78 is 0.